The van der Waals surface area contributed by atoms with Crippen LogP contribution < -0.4 is 10.6 Å². The van der Waals surface area contributed by atoms with E-state index in [1.807, 2.05) is 0 Å². The molecule has 0 aromatic carbocycles. The smallest absolute Gasteiger partial charge is 0.414 e. The maximum Gasteiger partial charge on any atom is 0.414 e. The van der Waals surface area contributed by atoms with Crippen molar-refractivity contribution in [3.05, 3.63) is 17.6 Å². The van der Waals surface area contributed by atoms with Gasteiger partial charge in [0.15, 0.2) is 5.65 Å². The molecule has 2 unspecified atom stereocenters. The summed E-state index contributed by atoms with van der Waals surface area (Å²) in [4.78, 5) is 15.6. The van der Waals surface area contributed by atoms with E-state index in [0.717, 1.165) is 19.3 Å². The molecule has 1 amide bonds. The Balaban J connectivity index is 1.90. The molecule has 2 heterocycles. The van der Waals surface area contributed by atoms with Gasteiger partial charge in [0.2, 0.25) is 5.69 Å². The molecule has 9 nitrogen and oxygen atoms in total. The molecule has 1 aliphatic carbocycles. The van der Waals surface area contributed by atoms with Crippen LogP contribution in [0.4, 0.5) is 22.1 Å². The predicted molar refractivity (Wildman–Crippen MR) is 102 cm³/mol. The summed E-state index contributed by atoms with van der Waals surface area (Å²) in [6.45, 7) is 15.0. The van der Waals surface area contributed by atoms with Crippen LogP contribution in [0.25, 0.3) is 10.5 Å². The van der Waals surface area contributed by atoms with Crippen molar-refractivity contribution in [2.45, 2.75) is 65.0 Å². The van der Waals surface area contributed by atoms with E-state index in [9.17, 15) is 4.79 Å². The van der Waals surface area contributed by atoms with Crippen molar-refractivity contribution in [1.82, 2.24) is 19.8 Å². The topological polar surface area (TPSA) is 97.8 Å². The molecule has 0 bridgehead atoms. The molecular formula is C18H25N7O2. The lowest BCUT2D eigenvalue weighted by Gasteiger charge is -2.30. The molecule has 2 aromatic rings. The van der Waals surface area contributed by atoms with Crippen LogP contribution in [0.1, 0.15) is 53.4 Å². The number of hydrogen-bond donors (Lipinski definition) is 2. The molecule has 1 saturated carbocycles. The maximum absolute atomic E-state index is 12.0. The van der Waals surface area contributed by atoms with Crippen LogP contribution >= 0.6 is 0 Å². The average molecular weight is 371 g/mol. The fourth-order valence-electron chi connectivity index (χ4n) is 3.25. The summed E-state index contributed by atoms with van der Waals surface area (Å²) >= 11 is 0. The van der Waals surface area contributed by atoms with E-state index in [4.69, 9.17) is 11.3 Å². The van der Waals surface area contributed by atoms with Crippen molar-refractivity contribution in [2.24, 2.45) is 5.92 Å². The summed E-state index contributed by atoms with van der Waals surface area (Å²) in [6.07, 6.45) is 5.42. The first-order valence-electron chi connectivity index (χ1n) is 9.17. The van der Waals surface area contributed by atoms with Crippen LogP contribution in [-0.2, 0) is 4.74 Å². The number of nitrogens with zero attached hydrogens (tertiary/aromatic N) is 5. The summed E-state index contributed by atoms with van der Waals surface area (Å²) in [5.41, 5.74) is 0.770. The number of amides is 1. The second kappa shape index (κ2) is 7.39. The quantitative estimate of drug-likeness (QED) is 0.791. The molecule has 1 aliphatic rings. The van der Waals surface area contributed by atoms with Gasteiger partial charge in [0, 0.05) is 6.04 Å². The van der Waals surface area contributed by atoms with Crippen LogP contribution in [0.5, 0.6) is 0 Å². The van der Waals surface area contributed by atoms with Crippen molar-refractivity contribution in [1.29, 1.82) is 0 Å². The highest BCUT2D eigenvalue weighted by Crippen LogP contribution is 2.33. The summed E-state index contributed by atoms with van der Waals surface area (Å²) in [5.74, 6) is 0.656. The van der Waals surface area contributed by atoms with Crippen LogP contribution in [0.3, 0.4) is 0 Å². The van der Waals surface area contributed by atoms with Crippen molar-refractivity contribution in [3.63, 3.8) is 0 Å². The number of carbonyl (C=O) groups excluding carboxylic acids is 1. The Morgan fingerprint density at radius 2 is 2.07 bits per heavy atom. The van der Waals surface area contributed by atoms with E-state index >= 15 is 0 Å². The summed E-state index contributed by atoms with van der Waals surface area (Å²) < 4.78 is 6.66. The van der Waals surface area contributed by atoms with Gasteiger partial charge in [0.05, 0.1) is 18.5 Å². The van der Waals surface area contributed by atoms with Crippen LogP contribution in [0.15, 0.2) is 6.20 Å². The van der Waals surface area contributed by atoms with Crippen molar-refractivity contribution >= 4 is 29.1 Å². The molecule has 27 heavy (non-hydrogen) atoms. The third-order valence-corrected chi connectivity index (χ3v) is 4.59. The highest BCUT2D eigenvalue weighted by molar-refractivity contribution is 5.86. The largest absolute Gasteiger partial charge is 0.444 e. The highest BCUT2D eigenvalue weighted by Gasteiger charge is 2.25. The molecular weight excluding hydrogens is 346 g/mol. The monoisotopic (exact) mass is 371 g/mol. The molecule has 0 spiro atoms. The molecule has 2 aromatic heterocycles. The van der Waals surface area contributed by atoms with Gasteiger partial charge < -0.3 is 10.1 Å². The number of anilines is 2. The zero-order chi connectivity index (χ0) is 19.6. The average Bonchev–Trinajstić information content (AvgIpc) is 2.98. The number of carbonyl (C=O) groups is 1. The van der Waals surface area contributed by atoms with Crippen molar-refractivity contribution in [3.8, 4) is 0 Å². The van der Waals surface area contributed by atoms with Gasteiger partial charge in [-0.3, -0.25) is 5.32 Å². The van der Waals surface area contributed by atoms with Gasteiger partial charge in [0.1, 0.15) is 5.60 Å². The Kier molecular flexibility index (Phi) is 5.17. The van der Waals surface area contributed by atoms with E-state index in [2.05, 4.69) is 37.7 Å². The van der Waals surface area contributed by atoms with E-state index in [-0.39, 0.29) is 12.0 Å². The Morgan fingerprint density at radius 3 is 2.74 bits per heavy atom. The van der Waals surface area contributed by atoms with Crippen LogP contribution in [0, 0.1) is 12.5 Å². The summed E-state index contributed by atoms with van der Waals surface area (Å²) in [7, 11) is 0. The Labute approximate surface area is 158 Å². The second-order valence-corrected chi connectivity index (χ2v) is 7.92. The number of fused-ring (bicyclic) bond motifs is 1. The zero-order valence-corrected chi connectivity index (χ0v) is 16.1. The Morgan fingerprint density at radius 1 is 1.33 bits per heavy atom. The molecule has 2 atom stereocenters. The minimum atomic E-state index is -0.636. The second-order valence-electron chi connectivity index (χ2n) is 7.92. The molecule has 3 rings (SSSR count). The third-order valence-electron chi connectivity index (χ3n) is 4.59. The number of ether oxygens (including phenoxy) is 1. The standard InChI is InChI=1S/C18H25N7O2/c1-11-8-6-7-9-12(11)21-14-13(19-5)10-20-25-15(14)23-24-16(25)22-17(26)27-18(2,3)4/h10-12,21H,6-9H2,1-4H3,(H,22,24,26). The van der Waals surface area contributed by atoms with E-state index < -0.39 is 11.7 Å². The lowest BCUT2D eigenvalue weighted by molar-refractivity contribution is 0.0634. The molecule has 9 heteroatoms. The summed E-state index contributed by atoms with van der Waals surface area (Å²) in [5, 5.41) is 18.4. The van der Waals surface area contributed by atoms with E-state index in [1.165, 1.54) is 17.1 Å². The number of nitrogens with one attached hydrogen (secondary N) is 2. The fourth-order valence-corrected chi connectivity index (χ4v) is 3.25. The zero-order valence-electron chi connectivity index (χ0n) is 16.1. The lowest BCUT2D eigenvalue weighted by atomic mass is 9.86. The normalized spacial score (nSPS) is 20.1. The first-order chi connectivity index (χ1) is 12.8. The van der Waals surface area contributed by atoms with E-state index in [1.54, 1.807) is 20.8 Å². The number of rotatable bonds is 3. The molecule has 2 N–H and O–H groups in total. The minimum Gasteiger partial charge on any atom is -0.444 e. The van der Waals surface area contributed by atoms with Gasteiger partial charge in [-0.1, -0.05) is 19.8 Å². The molecule has 0 radical (unpaired) electrons. The first kappa shape index (κ1) is 18.9. The number of hydrogen-bond acceptors (Lipinski definition) is 6. The van der Waals surface area contributed by atoms with Crippen molar-refractivity contribution in [2.75, 3.05) is 10.6 Å². The number of aromatic nitrogens is 4. The van der Waals surface area contributed by atoms with Crippen molar-refractivity contribution < 1.29 is 9.53 Å². The molecule has 1 fully saturated rings. The first-order valence-corrected chi connectivity index (χ1v) is 9.17. The fraction of sp³-hybridized carbons (Fsp3) is 0.611. The maximum atomic E-state index is 12.0. The molecule has 0 saturated heterocycles. The van der Waals surface area contributed by atoms with Gasteiger partial charge in [0.25, 0.3) is 5.95 Å². The Bertz CT molecular complexity index is 878. The van der Waals surface area contributed by atoms with Gasteiger partial charge in [-0.2, -0.15) is 9.61 Å². The third kappa shape index (κ3) is 4.27. The summed E-state index contributed by atoms with van der Waals surface area (Å²) in [6, 6.07) is 0.268. The molecule has 144 valence electrons. The SMILES string of the molecule is [C-]#[N+]c1cnn2c(NC(=O)OC(C)(C)C)nnc2c1NC1CCCCC1C. The van der Waals surface area contributed by atoms with E-state index in [0.29, 0.717) is 22.9 Å². The highest BCUT2D eigenvalue weighted by atomic mass is 16.6. The predicted octanol–water partition coefficient (Wildman–Crippen LogP) is 4.01. The van der Waals surface area contributed by atoms with Gasteiger partial charge in [-0.05, 0) is 39.5 Å². The van der Waals surface area contributed by atoms with Crippen LogP contribution in [-0.4, -0.2) is 37.5 Å². The van der Waals surface area contributed by atoms with Gasteiger partial charge in [-0.15, -0.1) is 10.2 Å². The molecule has 0 aliphatic heterocycles. The Hall–Kier alpha value is -2.89. The lowest BCUT2D eigenvalue weighted by Crippen LogP contribution is -2.30. The van der Waals surface area contributed by atoms with Gasteiger partial charge >= 0.3 is 6.09 Å². The van der Waals surface area contributed by atoms with Crippen LogP contribution in [0.2, 0.25) is 0 Å². The van der Waals surface area contributed by atoms with Gasteiger partial charge in [-0.25, -0.2) is 9.64 Å². The minimum absolute atomic E-state index is 0.149.